The number of aromatic nitrogens is 1. The monoisotopic (exact) mass is 443 g/mol. The molecule has 0 aliphatic rings. The molecule has 4 rings (SSSR count). The minimum absolute atomic E-state index is 0.0539. The van der Waals surface area contributed by atoms with Gasteiger partial charge in [0, 0.05) is 27.3 Å². The Morgan fingerprint density at radius 3 is 2.34 bits per heavy atom. The first kappa shape index (κ1) is 21.8. The number of hydrogen-bond donors (Lipinski definition) is 2. The second-order valence-corrected chi connectivity index (χ2v) is 9.41. The van der Waals surface area contributed by atoms with Crippen molar-refractivity contribution in [1.29, 1.82) is 0 Å². The zero-order chi connectivity index (χ0) is 22.9. The van der Waals surface area contributed by atoms with Gasteiger partial charge in [-0.2, -0.15) is 0 Å². The van der Waals surface area contributed by atoms with Crippen molar-refractivity contribution in [3.63, 3.8) is 0 Å². The Morgan fingerprint density at radius 2 is 1.66 bits per heavy atom. The number of benzene rings is 3. The lowest BCUT2D eigenvalue weighted by molar-refractivity contribution is 0.102. The smallest absolute Gasteiger partial charge is 0.255 e. The number of halogens is 1. The summed E-state index contributed by atoms with van der Waals surface area (Å²) in [6, 6.07) is 23.0. The third-order valence-corrected chi connectivity index (χ3v) is 5.62. The van der Waals surface area contributed by atoms with Crippen LogP contribution in [0.15, 0.2) is 72.8 Å². The van der Waals surface area contributed by atoms with Crippen molar-refractivity contribution >= 4 is 45.6 Å². The van der Waals surface area contributed by atoms with E-state index in [1.807, 2.05) is 79.7 Å². The van der Waals surface area contributed by atoms with Gasteiger partial charge in [-0.1, -0.05) is 50.6 Å². The molecule has 5 heteroatoms. The zero-order valence-corrected chi connectivity index (χ0v) is 19.4. The van der Waals surface area contributed by atoms with Gasteiger partial charge in [-0.05, 0) is 78.1 Å². The highest BCUT2D eigenvalue weighted by Gasteiger charge is 2.14. The van der Waals surface area contributed by atoms with Gasteiger partial charge in [0.25, 0.3) is 5.91 Å². The fraction of sp³-hybridized carbons (Fsp3) is 0.185. The molecule has 0 aliphatic heterocycles. The molecule has 0 atom stereocenters. The van der Waals surface area contributed by atoms with Gasteiger partial charge in [0.1, 0.15) is 5.82 Å². The summed E-state index contributed by atoms with van der Waals surface area (Å²) in [5.74, 6) is 0.614. The number of carbonyl (C=O) groups excluding carboxylic acids is 1. The van der Waals surface area contributed by atoms with Crippen LogP contribution in [0.2, 0.25) is 5.02 Å². The molecule has 4 aromatic rings. The van der Waals surface area contributed by atoms with E-state index < -0.39 is 0 Å². The SMILES string of the molecule is Cc1cc(Nc2cccc(Cl)c2)nc2ccc(NC(=O)c3ccc(C(C)(C)C)cc3)cc12. The molecule has 1 heterocycles. The standard InChI is InChI=1S/C27H26ClN3O/c1-17-14-25(29-21-7-5-6-20(28)15-21)31-24-13-12-22(16-23(17)24)30-26(32)18-8-10-19(11-9-18)27(2,3)4/h5-16H,1-4H3,(H,29,31)(H,30,32). The van der Waals surface area contributed by atoms with Gasteiger partial charge in [-0.3, -0.25) is 4.79 Å². The molecule has 32 heavy (non-hydrogen) atoms. The van der Waals surface area contributed by atoms with Crippen LogP contribution in [0.5, 0.6) is 0 Å². The maximum atomic E-state index is 12.7. The van der Waals surface area contributed by atoms with E-state index in [0.29, 0.717) is 10.6 Å². The lowest BCUT2D eigenvalue weighted by atomic mass is 9.87. The predicted molar refractivity (Wildman–Crippen MR) is 134 cm³/mol. The highest BCUT2D eigenvalue weighted by molar-refractivity contribution is 6.30. The van der Waals surface area contributed by atoms with Crippen LogP contribution in [-0.4, -0.2) is 10.9 Å². The van der Waals surface area contributed by atoms with E-state index in [9.17, 15) is 4.79 Å². The molecule has 3 aromatic carbocycles. The summed E-state index contributed by atoms with van der Waals surface area (Å²) in [7, 11) is 0. The quantitative estimate of drug-likeness (QED) is 0.343. The number of fused-ring (bicyclic) bond motifs is 1. The number of carbonyl (C=O) groups is 1. The topological polar surface area (TPSA) is 54.0 Å². The van der Waals surface area contributed by atoms with Gasteiger partial charge >= 0.3 is 0 Å². The second-order valence-electron chi connectivity index (χ2n) is 8.97. The van der Waals surface area contributed by atoms with Crippen molar-refractivity contribution in [2.45, 2.75) is 33.1 Å². The van der Waals surface area contributed by atoms with Crippen molar-refractivity contribution < 1.29 is 4.79 Å². The molecule has 0 spiro atoms. The Morgan fingerprint density at radius 1 is 0.906 bits per heavy atom. The van der Waals surface area contributed by atoms with Crippen LogP contribution >= 0.6 is 11.6 Å². The number of nitrogens with zero attached hydrogens (tertiary/aromatic N) is 1. The Kier molecular flexibility index (Phi) is 5.90. The lowest BCUT2D eigenvalue weighted by Crippen LogP contribution is -2.14. The fourth-order valence-corrected chi connectivity index (χ4v) is 3.77. The first-order valence-electron chi connectivity index (χ1n) is 10.5. The van der Waals surface area contributed by atoms with Crippen molar-refractivity contribution in [1.82, 2.24) is 4.98 Å². The summed E-state index contributed by atoms with van der Waals surface area (Å²) in [5.41, 5.74) is 5.41. The molecule has 2 N–H and O–H groups in total. The molecule has 0 unspecified atom stereocenters. The minimum Gasteiger partial charge on any atom is -0.340 e. The Bertz CT molecular complexity index is 1290. The van der Waals surface area contributed by atoms with E-state index in [2.05, 4.69) is 31.4 Å². The number of anilines is 3. The number of aryl methyl sites for hydroxylation is 1. The molecular formula is C27H26ClN3O. The van der Waals surface area contributed by atoms with E-state index in [-0.39, 0.29) is 11.3 Å². The maximum absolute atomic E-state index is 12.7. The molecular weight excluding hydrogens is 418 g/mol. The predicted octanol–water partition coefficient (Wildman–Crippen LogP) is 7.49. The van der Waals surface area contributed by atoms with E-state index >= 15 is 0 Å². The van der Waals surface area contributed by atoms with Gasteiger partial charge in [0.05, 0.1) is 5.52 Å². The van der Waals surface area contributed by atoms with Gasteiger partial charge < -0.3 is 10.6 Å². The molecule has 162 valence electrons. The van der Waals surface area contributed by atoms with Crippen molar-refractivity contribution in [2.75, 3.05) is 10.6 Å². The molecule has 1 aromatic heterocycles. The molecule has 0 radical (unpaired) electrons. The highest BCUT2D eigenvalue weighted by Crippen LogP contribution is 2.27. The Labute approximate surface area is 193 Å². The summed E-state index contributed by atoms with van der Waals surface area (Å²) in [5, 5.41) is 7.95. The van der Waals surface area contributed by atoms with Gasteiger partial charge in [0.15, 0.2) is 0 Å². The Hall–Kier alpha value is -3.37. The van der Waals surface area contributed by atoms with Crippen LogP contribution in [0.25, 0.3) is 10.9 Å². The van der Waals surface area contributed by atoms with Gasteiger partial charge in [-0.15, -0.1) is 0 Å². The number of rotatable bonds is 4. The molecule has 0 fully saturated rings. The van der Waals surface area contributed by atoms with Crippen LogP contribution in [0.1, 0.15) is 42.3 Å². The fourth-order valence-electron chi connectivity index (χ4n) is 3.58. The normalized spacial score (nSPS) is 11.4. The average Bonchev–Trinajstić information content (AvgIpc) is 2.74. The third kappa shape index (κ3) is 4.92. The summed E-state index contributed by atoms with van der Waals surface area (Å²) < 4.78 is 0. The molecule has 0 saturated heterocycles. The van der Waals surface area contributed by atoms with Gasteiger partial charge in [0.2, 0.25) is 0 Å². The summed E-state index contributed by atoms with van der Waals surface area (Å²) in [6.07, 6.45) is 0. The first-order chi connectivity index (χ1) is 15.2. The van der Waals surface area contributed by atoms with Crippen molar-refractivity contribution in [3.05, 3.63) is 94.5 Å². The molecule has 0 saturated carbocycles. The van der Waals surface area contributed by atoms with Crippen LogP contribution in [0.3, 0.4) is 0 Å². The molecule has 0 aliphatic carbocycles. The summed E-state index contributed by atoms with van der Waals surface area (Å²) in [6.45, 7) is 8.50. The third-order valence-electron chi connectivity index (χ3n) is 5.38. The first-order valence-corrected chi connectivity index (χ1v) is 10.9. The Balaban J connectivity index is 1.54. The van der Waals surface area contributed by atoms with E-state index in [1.54, 1.807) is 0 Å². The molecule has 1 amide bonds. The second kappa shape index (κ2) is 8.64. The van der Waals surface area contributed by atoms with Crippen LogP contribution in [-0.2, 0) is 5.41 Å². The minimum atomic E-state index is -0.130. The average molecular weight is 444 g/mol. The zero-order valence-electron chi connectivity index (χ0n) is 18.7. The van der Waals surface area contributed by atoms with Crippen molar-refractivity contribution in [3.8, 4) is 0 Å². The van der Waals surface area contributed by atoms with E-state index in [4.69, 9.17) is 16.6 Å². The number of nitrogens with one attached hydrogen (secondary N) is 2. The van der Waals surface area contributed by atoms with E-state index in [0.717, 1.165) is 33.7 Å². The number of pyridine rings is 1. The van der Waals surface area contributed by atoms with Crippen LogP contribution in [0.4, 0.5) is 17.2 Å². The van der Waals surface area contributed by atoms with Crippen LogP contribution in [0, 0.1) is 6.92 Å². The van der Waals surface area contributed by atoms with Crippen LogP contribution < -0.4 is 10.6 Å². The van der Waals surface area contributed by atoms with Gasteiger partial charge in [-0.25, -0.2) is 4.98 Å². The number of amides is 1. The molecule has 4 nitrogen and oxygen atoms in total. The molecule has 0 bridgehead atoms. The lowest BCUT2D eigenvalue weighted by Gasteiger charge is -2.19. The maximum Gasteiger partial charge on any atom is 0.255 e. The summed E-state index contributed by atoms with van der Waals surface area (Å²) >= 11 is 6.07. The largest absolute Gasteiger partial charge is 0.340 e. The number of hydrogen-bond acceptors (Lipinski definition) is 3. The summed E-state index contributed by atoms with van der Waals surface area (Å²) in [4.78, 5) is 17.4. The highest BCUT2D eigenvalue weighted by atomic mass is 35.5. The van der Waals surface area contributed by atoms with E-state index in [1.165, 1.54) is 5.56 Å². The van der Waals surface area contributed by atoms with Crippen molar-refractivity contribution in [2.24, 2.45) is 0 Å².